The van der Waals surface area contributed by atoms with Gasteiger partial charge in [-0.05, 0) is 61.7 Å². The van der Waals surface area contributed by atoms with E-state index in [-0.39, 0.29) is 11.4 Å². The zero-order valence-corrected chi connectivity index (χ0v) is 24.5. The number of amides is 2. The molecule has 40 heavy (non-hydrogen) atoms. The van der Waals surface area contributed by atoms with E-state index in [1.807, 2.05) is 42.5 Å². The van der Waals surface area contributed by atoms with E-state index in [0.717, 1.165) is 56.5 Å². The third-order valence-electron chi connectivity index (χ3n) is 6.96. The van der Waals surface area contributed by atoms with Crippen LogP contribution in [0.4, 0.5) is 10.5 Å². The van der Waals surface area contributed by atoms with Gasteiger partial charge in [0, 0.05) is 62.6 Å². The van der Waals surface area contributed by atoms with Gasteiger partial charge in [-0.25, -0.2) is 4.79 Å². The second-order valence-corrected chi connectivity index (χ2v) is 11.5. The van der Waals surface area contributed by atoms with Gasteiger partial charge in [0.1, 0.15) is 11.5 Å². The molecule has 1 aliphatic rings. The fraction of sp³-hybridized carbons (Fsp3) is 0.484. The Morgan fingerprint density at radius 1 is 1.00 bits per heavy atom. The van der Waals surface area contributed by atoms with Crippen LogP contribution in [0.15, 0.2) is 48.7 Å². The summed E-state index contributed by atoms with van der Waals surface area (Å²) in [5.74, 6) is 2.62. The summed E-state index contributed by atoms with van der Waals surface area (Å²) >= 11 is 0. The predicted molar refractivity (Wildman–Crippen MR) is 160 cm³/mol. The molecule has 2 amide bonds. The van der Waals surface area contributed by atoms with Gasteiger partial charge >= 0.3 is 6.03 Å². The van der Waals surface area contributed by atoms with Gasteiger partial charge in [0.25, 0.3) is 0 Å². The van der Waals surface area contributed by atoms with Gasteiger partial charge in [0.15, 0.2) is 11.5 Å². The molecule has 2 aromatic carbocycles. The SMILES string of the molecule is COc1cc2c(Oc3ccc(NC(=O)NCCC(C)(C)C)cc3)ccnc2cc1OCCCN1CCN(C)CC1. The number of pyridine rings is 1. The highest BCUT2D eigenvalue weighted by Crippen LogP contribution is 2.37. The molecule has 0 unspecified atom stereocenters. The van der Waals surface area contributed by atoms with Crippen molar-refractivity contribution in [1.82, 2.24) is 20.1 Å². The van der Waals surface area contributed by atoms with Crippen LogP contribution >= 0.6 is 0 Å². The van der Waals surface area contributed by atoms with Crippen molar-refractivity contribution in [2.75, 3.05) is 65.3 Å². The number of anilines is 1. The number of carbonyl (C=O) groups is 1. The molecule has 1 fully saturated rings. The third-order valence-corrected chi connectivity index (χ3v) is 6.96. The van der Waals surface area contributed by atoms with Crippen LogP contribution in [-0.4, -0.2) is 80.8 Å². The van der Waals surface area contributed by atoms with E-state index in [1.54, 1.807) is 13.3 Å². The molecule has 2 N–H and O–H groups in total. The Morgan fingerprint density at radius 3 is 2.45 bits per heavy atom. The summed E-state index contributed by atoms with van der Waals surface area (Å²) in [6.07, 6.45) is 3.58. The zero-order chi connectivity index (χ0) is 28.5. The molecule has 0 spiro atoms. The number of benzene rings is 2. The van der Waals surface area contributed by atoms with Crippen LogP contribution in [0.1, 0.15) is 33.6 Å². The summed E-state index contributed by atoms with van der Waals surface area (Å²) < 4.78 is 17.9. The highest BCUT2D eigenvalue weighted by molar-refractivity contribution is 5.89. The molecule has 0 saturated carbocycles. The van der Waals surface area contributed by atoms with Crippen molar-refractivity contribution in [2.45, 2.75) is 33.6 Å². The molecule has 2 heterocycles. The lowest BCUT2D eigenvalue weighted by molar-refractivity contribution is 0.145. The lowest BCUT2D eigenvalue weighted by Gasteiger charge is -2.32. The topological polar surface area (TPSA) is 88.2 Å². The Balaban J connectivity index is 1.34. The second kappa shape index (κ2) is 13.7. The van der Waals surface area contributed by atoms with Gasteiger partial charge in [-0.2, -0.15) is 0 Å². The molecule has 4 rings (SSSR count). The van der Waals surface area contributed by atoms with E-state index in [1.165, 1.54) is 0 Å². The molecule has 0 radical (unpaired) electrons. The first-order valence-corrected chi connectivity index (χ1v) is 14.0. The van der Waals surface area contributed by atoms with E-state index in [2.05, 4.69) is 53.2 Å². The van der Waals surface area contributed by atoms with Crippen molar-refractivity contribution in [1.29, 1.82) is 0 Å². The Morgan fingerprint density at radius 2 is 1.75 bits per heavy atom. The summed E-state index contributed by atoms with van der Waals surface area (Å²) in [6, 6.07) is 12.7. The van der Waals surface area contributed by atoms with Crippen molar-refractivity contribution in [3.05, 3.63) is 48.7 Å². The van der Waals surface area contributed by atoms with E-state index in [9.17, 15) is 4.79 Å². The number of methoxy groups -OCH3 is 1. The summed E-state index contributed by atoms with van der Waals surface area (Å²) in [5.41, 5.74) is 1.63. The Labute approximate surface area is 237 Å². The van der Waals surface area contributed by atoms with Crippen molar-refractivity contribution in [2.24, 2.45) is 5.41 Å². The highest BCUT2D eigenvalue weighted by atomic mass is 16.5. The molecular formula is C31H43N5O4. The van der Waals surface area contributed by atoms with Crippen molar-refractivity contribution >= 4 is 22.6 Å². The molecule has 0 aliphatic carbocycles. The highest BCUT2D eigenvalue weighted by Gasteiger charge is 2.15. The van der Waals surface area contributed by atoms with E-state index < -0.39 is 0 Å². The number of nitrogens with one attached hydrogen (secondary N) is 2. The zero-order valence-electron chi connectivity index (χ0n) is 24.5. The van der Waals surface area contributed by atoms with Gasteiger partial charge in [0.05, 0.1) is 19.2 Å². The molecule has 0 atom stereocenters. The van der Waals surface area contributed by atoms with Crippen LogP contribution in [0.2, 0.25) is 0 Å². The minimum absolute atomic E-state index is 0.173. The first kappa shape index (κ1) is 29.4. The minimum Gasteiger partial charge on any atom is -0.493 e. The first-order chi connectivity index (χ1) is 19.2. The number of likely N-dealkylation sites (N-methyl/N-ethyl adjacent to an activating group) is 1. The monoisotopic (exact) mass is 549 g/mol. The molecule has 9 nitrogen and oxygen atoms in total. The van der Waals surface area contributed by atoms with Crippen LogP contribution in [0.25, 0.3) is 10.9 Å². The van der Waals surface area contributed by atoms with Gasteiger partial charge in [0.2, 0.25) is 0 Å². The number of nitrogens with zero attached hydrogens (tertiary/aromatic N) is 3. The largest absolute Gasteiger partial charge is 0.493 e. The first-order valence-electron chi connectivity index (χ1n) is 14.0. The second-order valence-electron chi connectivity index (χ2n) is 11.5. The van der Waals surface area contributed by atoms with Crippen molar-refractivity contribution in [3.63, 3.8) is 0 Å². The molecule has 216 valence electrons. The smallest absolute Gasteiger partial charge is 0.319 e. The number of aromatic nitrogens is 1. The van der Waals surface area contributed by atoms with Gasteiger partial charge in [-0.3, -0.25) is 4.98 Å². The van der Waals surface area contributed by atoms with Crippen LogP contribution in [0.3, 0.4) is 0 Å². The number of fused-ring (bicyclic) bond motifs is 1. The Kier molecular flexibility index (Phi) is 10.1. The Hall–Kier alpha value is -3.56. The molecular weight excluding hydrogens is 506 g/mol. The van der Waals surface area contributed by atoms with Gasteiger partial charge in [-0.15, -0.1) is 0 Å². The normalized spacial score (nSPS) is 14.6. The molecule has 3 aromatic rings. The molecule has 9 heteroatoms. The quantitative estimate of drug-likeness (QED) is 0.301. The van der Waals surface area contributed by atoms with Crippen LogP contribution in [-0.2, 0) is 0 Å². The van der Waals surface area contributed by atoms with Crippen molar-refractivity contribution in [3.8, 4) is 23.0 Å². The van der Waals surface area contributed by atoms with E-state index in [4.69, 9.17) is 14.2 Å². The lowest BCUT2D eigenvalue weighted by atomic mass is 9.92. The number of ether oxygens (including phenoxy) is 3. The van der Waals surface area contributed by atoms with Crippen LogP contribution in [0, 0.1) is 5.41 Å². The molecule has 0 bridgehead atoms. The third kappa shape index (κ3) is 8.72. The Bertz CT molecular complexity index is 1250. The van der Waals surface area contributed by atoms with Gasteiger partial charge < -0.3 is 34.6 Å². The lowest BCUT2D eigenvalue weighted by Crippen LogP contribution is -2.44. The molecule has 1 aliphatic heterocycles. The summed E-state index contributed by atoms with van der Waals surface area (Å²) in [5, 5.41) is 6.58. The number of urea groups is 1. The van der Waals surface area contributed by atoms with Crippen LogP contribution < -0.4 is 24.8 Å². The number of hydrogen-bond donors (Lipinski definition) is 2. The van der Waals surface area contributed by atoms with E-state index in [0.29, 0.717) is 41.8 Å². The average Bonchev–Trinajstić information content (AvgIpc) is 2.92. The number of carbonyl (C=O) groups excluding carboxylic acids is 1. The molecule has 1 saturated heterocycles. The minimum atomic E-state index is -0.220. The maximum Gasteiger partial charge on any atom is 0.319 e. The number of piperazine rings is 1. The van der Waals surface area contributed by atoms with Crippen molar-refractivity contribution < 1.29 is 19.0 Å². The number of hydrogen-bond acceptors (Lipinski definition) is 7. The number of rotatable bonds is 11. The summed E-state index contributed by atoms with van der Waals surface area (Å²) in [6.45, 7) is 13.2. The predicted octanol–water partition coefficient (Wildman–Crippen LogP) is 5.61. The fourth-order valence-corrected chi connectivity index (χ4v) is 4.49. The average molecular weight is 550 g/mol. The fourth-order valence-electron chi connectivity index (χ4n) is 4.49. The van der Waals surface area contributed by atoms with Gasteiger partial charge in [-0.1, -0.05) is 20.8 Å². The van der Waals surface area contributed by atoms with E-state index >= 15 is 0 Å². The standard InChI is InChI=1S/C31H43N5O4/c1-31(2,3)12-14-33-30(37)34-23-7-9-24(10-8-23)40-27-11-13-32-26-22-29(28(38-5)21-25(26)27)39-20-6-15-36-18-16-35(4)17-19-36/h7-11,13,21-22H,6,12,14-20H2,1-5H3,(H2,33,34,37). The maximum absolute atomic E-state index is 12.2. The van der Waals surface area contributed by atoms with Crippen LogP contribution in [0.5, 0.6) is 23.0 Å². The summed E-state index contributed by atoms with van der Waals surface area (Å²) in [4.78, 5) is 21.6. The maximum atomic E-state index is 12.2. The summed E-state index contributed by atoms with van der Waals surface area (Å²) in [7, 11) is 3.81. The molecule has 1 aromatic heterocycles.